The lowest BCUT2D eigenvalue weighted by Gasteiger charge is -2.39. The van der Waals surface area contributed by atoms with Crippen molar-refractivity contribution in [1.82, 2.24) is 10.2 Å². The van der Waals surface area contributed by atoms with Gasteiger partial charge in [0, 0.05) is 19.1 Å². The Balaban J connectivity index is 2.44. The third-order valence-corrected chi connectivity index (χ3v) is 4.68. The van der Waals surface area contributed by atoms with Crippen LogP contribution in [0, 0.1) is 11.3 Å². The van der Waals surface area contributed by atoms with Crippen LogP contribution in [-0.2, 0) is 0 Å². The predicted molar refractivity (Wildman–Crippen MR) is 85.6 cm³/mol. The van der Waals surface area contributed by atoms with Crippen LogP contribution < -0.4 is 5.32 Å². The molecule has 0 aromatic carbocycles. The zero-order valence-electron chi connectivity index (χ0n) is 14.0. The van der Waals surface area contributed by atoms with Gasteiger partial charge in [-0.15, -0.1) is 0 Å². The smallest absolute Gasteiger partial charge is 0.00475 e. The molecule has 1 unspecified atom stereocenters. The Labute approximate surface area is 121 Å². The van der Waals surface area contributed by atoms with E-state index in [1.54, 1.807) is 0 Å². The molecule has 1 aliphatic rings. The summed E-state index contributed by atoms with van der Waals surface area (Å²) < 4.78 is 0. The lowest BCUT2D eigenvalue weighted by Crippen LogP contribution is -2.46. The van der Waals surface area contributed by atoms with Crippen molar-refractivity contribution in [3.8, 4) is 0 Å². The molecule has 0 aliphatic carbocycles. The van der Waals surface area contributed by atoms with Crippen molar-refractivity contribution in [2.75, 3.05) is 26.2 Å². The summed E-state index contributed by atoms with van der Waals surface area (Å²) in [7, 11) is 0. The van der Waals surface area contributed by atoms with E-state index in [1.165, 1.54) is 51.7 Å². The van der Waals surface area contributed by atoms with Crippen LogP contribution in [0.4, 0.5) is 0 Å². The number of rotatable bonds is 8. The lowest BCUT2D eigenvalue weighted by atomic mass is 9.83. The van der Waals surface area contributed by atoms with E-state index in [-0.39, 0.29) is 0 Å². The lowest BCUT2D eigenvalue weighted by molar-refractivity contribution is 0.108. The van der Waals surface area contributed by atoms with Crippen LogP contribution in [0.2, 0.25) is 0 Å². The first kappa shape index (κ1) is 17.0. The van der Waals surface area contributed by atoms with Crippen molar-refractivity contribution in [2.24, 2.45) is 11.3 Å². The van der Waals surface area contributed by atoms with E-state index >= 15 is 0 Å². The molecule has 2 heteroatoms. The first-order valence-electron chi connectivity index (χ1n) is 8.45. The number of nitrogens with zero attached hydrogens (tertiary/aromatic N) is 1. The minimum Gasteiger partial charge on any atom is -0.314 e. The summed E-state index contributed by atoms with van der Waals surface area (Å²) in [6.07, 6.45) is 6.82. The van der Waals surface area contributed by atoms with Crippen LogP contribution in [0.3, 0.4) is 0 Å². The third-order valence-electron chi connectivity index (χ3n) is 4.68. The van der Waals surface area contributed by atoms with E-state index in [2.05, 4.69) is 44.8 Å². The summed E-state index contributed by atoms with van der Waals surface area (Å²) in [5, 5.41) is 3.65. The second-order valence-corrected chi connectivity index (χ2v) is 7.22. The van der Waals surface area contributed by atoms with Gasteiger partial charge in [0.2, 0.25) is 0 Å². The second kappa shape index (κ2) is 8.26. The Hall–Kier alpha value is -0.0800. The molecule has 1 heterocycles. The Morgan fingerprint density at radius 2 is 1.84 bits per heavy atom. The number of hydrogen-bond donors (Lipinski definition) is 1. The molecule has 2 nitrogen and oxygen atoms in total. The van der Waals surface area contributed by atoms with E-state index in [0.29, 0.717) is 11.5 Å². The molecule has 1 aliphatic heterocycles. The maximum atomic E-state index is 3.65. The van der Waals surface area contributed by atoms with Gasteiger partial charge in [-0.3, -0.25) is 0 Å². The molecule has 114 valence electrons. The fraction of sp³-hybridized carbons (Fsp3) is 1.00. The standard InChI is InChI=1S/C17H36N2/c1-6-10-17(5,13-18-15(3)4)14-19-11-8-16(7-2)9-12-19/h15-16,18H,6-14H2,1-5H3. The molecule has 0 radical (unpaired) electrons. The highest BCUT2D eigenvalue weighted by Crippen LogP contribution is 2.27. The second-order valence-electron chi connectivity index (χ2n) is 7.22. The first-order valence-corrected chi connectivity index (χ1v) is 8.45. The third kappa shape index (κ3) is 6.27. The summed E-state index contributed by atoms with van der Waals surface area (Å²) in [6.45, 7) is 16.7. The molecule has 1 atom stereocenters. The Morgan fingerprint density at radius 1 is 1.21 bits per heavy atom. The van der Waals surface area contributed by atoms with Gasteiger partial charge in [0.1, 0.15) is 0 Å². The Morgan fingerprint density at radius 3 is 2.32 bits per heavy atom. The van der Waals surface area contributed by atoms with Gasteiger partial charge in [-0.1, -0.05) is 47.5 Å². The molecule has 1 saturated heterocycles. The highest BCUT2D eigenvalue weighted by atomic mass is 15.1. The Bertz CT molecular complexity index is 231. The van der Waals surface area contributed by atoms with Crippen molar-refractivity contribution in [3.63, 3.8) is 0 Å². The largest absolute Gasteiger partial charge is 0.314 e. The van der Waals surface area contributed by atoms with Crippen LogP contribution in [-0.4, -0.2) is 37.1 Å². The minimum atomic E-state index is 0.443. The van der Waals surface area contributed by atoms with Crippen molar-refractivity contribution >= 4 is 0 Å². The zero-order valence-corrected chi connectivity index (χ0v) is 14.0. The van der Waals surface area contributed by atoms with Crippen molar-refractivity contribution < 1.29 is 0 Å². The van der Waals surface area contributed by atoms with Crippen LogP contribution in [0.15, 0.2) is 0 Å². The topological polar surface area (TPSA) is 15.3 Å². The van der Waals surface area contributed by atoms with E-state index in [4.69, 9.17) is 0 Å². The number of nitrogens with one attached hydrogen (secondary N) is 1. The fourth-order valence-electron chi connectivity index (χ4n) is 3.37. The molecule has 19 heavy (non-hydrogen) atoms. The molecule has 1 N–H and O–H groups in total. The van der Waals surface area contributed by atoms with Crippen LogP contribution in [0.1, 0.15) is 66.7 Å². The average Bonchev–Trinajstić information content (AvgIpc) is 2.38. The SMILES string of the molecule is CCCC(C)(CNC(C)C)CN1CCC(CC)CC1. The van der Waals surface area contributed by atoms with Gasteiger partial charge < -0.3 is 10.2 Å². The van der Waals surface area contributed by atoms with E-state index in [0.717, 1.165) is 12.5 Å². The molecular weight excluding hydrogens is 232 g/mol. The van der Waals surface area contributed by atoms with E-state index < -0.39 is 0 Å². The monoisotopic (exact) mass is 268 g/mol. The molecule has 0 amide bonds. The van der Waals surface area contributed by atoms with Crippen molar-refractivity contribution in [3.05, 3.63) is 0 Å². The highest BCUT2D eigenvalue weighted by Gasteiger charge is 2.28. The maximum Gasteiger partial charge on any atom is 0.00475 e. The minimum absolute atomic E-state index is 0.443. The average molecular weight is 268 g/mol. The molecule has 1 fully saturated rings. The van der Waals surface area contributed by atoms with Gasteiger partial charge in [-0.25, -0.2) is 0 Å². The van der Waals surface area contributed by atoms with Gasteiger partial charge in [-0.05, 0) is 43.7 Å². The molecule has 0 saturated carbocycles. The summed E-state index contributed by atoms with van der Waals surface area (Å²) >= 11 is 0. The summed E-state index contributed by atoms with van der Waals surface area (Å²) in [4.78, 5) is 2.71. The van der Waals surface area contributed by atoms with Gasteiger partial charge in [0.05, 0.1) is 0 Å². The predicted octanol–water partition coefficient (Wildman–Crippen LogP) is 3.91. The Kier molecular flexibility index (Phi) is 7.38. The highest BCUT2D eigenvalue weighted by molar-refractivity contribution is 4.83. The fourth-order valence-corrected chi connectivity index (χ4v) is 3.37. The van der Waals surface area contributed by atoms with Gasteiger partial charge in [0.15, 0.2) is 0 Å². The van der Waals surface area contributed by atoms with Crippen LogP contribution >= 0.6 is 0 Å². The van der Waals surface area contributed by atoms with Crippen molar-refractivity contribution in [2.45, 2.75) is 72.8 Å². The molecule has 0 aromatic rings. The van der Waals surface area contributed by atoms with Crippen LogP contribution in [0.5, 0.6) is 0 Å². The number of hydrogen-bond acceptors (Lipinski definition) is 2. The van der Waals surface area contributed by atoms with Gasteiger partial charge in [-0.2, -0.15) is 0 Å². The number of piperidine rings is 1. The zero-order chi connectivity index (χ0) is 14.3. The molecule has 0 aromatic heterocycles. The molecule has 1 rings (SSSR count). The van der Waals surface area contributed by atoms with E-state index in [1.807, 2.05) is 0 Å². The quantitative estimate of drug-likeness (QED) is 0.718. The van der Waals surface area contributed by atoms with Crippen molar-refractivity contribution in [1.29, 1.82) is 0 Å². The van der Waals surface area contributed by atoms with Gasteiger partial charge in [0.25, 0.3) is 0 Å². The summed E-state index contributed by atoms with van der Waals surface area (Å²) in [5.74, 6) is 0.988. The molecule has 0 spiro atoms. The summed E-state index contributed by atoms with van der Waals surface area (Å²) in [5.41, 5.74) is 0.443. The molecular formula is C17H36N2. The maximum absolute atomic E-state index is 3.65. The van der Waals surface area contributed by atoms with E-state index in [9.17, 15) is 0 Å². The number of likely N-dealkylation sites (tertiary alicyclic amines) is 1. The van der Waals surface area contributed by atoms with Gasteiger partial charge >= 0.3 is 0 Å². The molecule has 0 bridgehead atoms. The summed E-state index contributed by atoms with van der Waals surface area (Å²) in [6, 6.07) is 0.599. The normalized spacial score (nSPS) is 21.8. The first-order chi connectivity index (χ1) is 8.99. The van der Waals surface area contributed by atoms with Crippen LogP contribution in [0.25, 0.3) is 0 Å².